The molecule has 0 heterocycles. The summed E-state index contributed by atoms with van der Waals surface area (Å²) < 4.78 is 5.30. The van der Waals surface area contributed by atoms with Gasteiger partial charge in [-0.2, -0.15) is 0 Å². The summed E-state index contributed by atoms with van der Waals surface area (Å²) in [6.07, 6.45) is 2.77. The van der Waals surface area contributed by atoms with Crippen molar-refractivity contribution in [3.63, 3.8) is 0 Å². The summed E-state index contributed by atoms with van der Waals surface area (Å²) >= 11 is 0. The fourth-order valence-corrected chi connectivity index (χ4v) is 1.91. The van der Waals surface area contributed by atoms with Gasteiger partial charge in [0.25, 0.3) is 0 Å². The number of ether oxygens (including phenoxy) is 1. The van der Waals surface area contributed by atoms with Crippen LogP contribution in [-0.2, 0) is 14.3 Å². The molecule has 0 amide bonds. The molecule has 4 nitrogen and oxygen atoms in total. The number of unbranched alkanes of at least 4 members (excludes halogenated alkanes) is 1. The Morgan fingerprint density at radius 1 is 1.17 bits per heavy atom. The Bertz CT molecular complexity index is 278. The summed E-state index contributed by atoms with van der Waals surface area (Å²) in [5.74, 6) is -2.48. The highest BCUT2D eigenvalue weighted by Crippen LogP contribution is 2.25. The summed E-state index contributed by atoms with van der Waals surface area (Å²) in [6, 6.07) is 0. The zero-order chi connectivity index (χ0) is 14.3. The summed E-state index contributed by atoms with van der Waals surface area (Å²) in [4.78, 5) is 23.3. The van der Waals surface area contributed by atoms with E-state index in [-0.39, 0.29) is 0 Å². The van der Waals surface area contributed by atoms with Gasteiger partial charge in [0.2, 0.25) is 0 Å². The molecule has 0 aliphatic heterocycles. The van der Waals surface area contributed by atoms with Crippen LogP contribution in [0.15, 0.2) is 0 Å². The minimum absolute atomic E-state index is 0.395. The monoisotopic (exact) mass is 258 g/mol. The van der Waals surface area contributed by atoms with Crippen molar-refractivity contribution in [2.24, 2.45) is 11.8 Å². The molecule has 0 radical (unpaired) electrons. The van der Waals surface area contributed by atoms with Gasteiger partial charge in [-0.15, -0.1) is 0 Å². The van der Waals surface area contributed by atoms with Crippen LogP contribution in [0.4, 0.5) is 0 Å². The van der Waals surface area contributed by atoms with E-state index < -0.39 is 29.4 Å². The van der Waals surface area contributed by atoms with Gasteiger partial charge in [0, 0.05) is 0 Å². The Morgan fingerprint density at radius 2 is 1.72 bits per heavy atom. The first-order valence-electron chi connectivity index (χ1n) is 6.68. The third-order valence-electron chi connectivity index (χ3n) is 2.82. The lowest BCUT2D eigenvalue weighted by Gasteiger charge is -2.26. The summed E-state index contributed by atoms with van der Waals surface area (Å²) in [7, 11) is 0. The smallest absolute Gasteiger partial charge is 0.310 e. The number of aliphatic carboxylic acids is 1. The second-order valence-corrected chi connectivity index (χ2v) is 5.64. The van der Waals surface area contributed by atoms with Gasteiger partial charge in [0.1, 0.15) is 5.60 Å². The van der Waals surface area contributed by atoms with Crippen LogP contribution in [0, 0.1) is 11.8 Å². The molecule has 0 saturated heterocycles. The van der Waals surface area contributed by atoms with E-state index in [1.807, 2.05) is 13.8 Å². The predicted molar refractivity (Wildman–Crippen MR) is 70.3 cm³/mol. The number of esters is 1. The maximum atomic E-state index is 12.0. The molecule has 1 N–H and O–H groups in total. The van der Waals surface area contributed by atoms with Crippen LogP contribution >= 0.6 is 0 Å². The Labute approximate surface area is 110 Å². The van der Waals surface area contributed by atoms with Crippen LogP contribution in [-0.4, -0.2) is 22.6 Å². The molecular formula is C14H26O4. The van der Waals surface area contributed by atoms with Crippen LogP contribution in [0.3, 0.4) is 0 Å². The van der Waals surface area contributed by atoms with Crippen molar-refractivity contribution in [2.45, 2.75) is 65.9 Å². The molecule has 0 aromatic heterocycles. The van der Waals surface area contributed by atoms with Crippen molar-refractivity contribution in [2.75, 3.05) is 0 Å². The molecule has 0 rings (SSSR count). The highest BCUT2D eigenvalue weighted by atomic mass is 16.6. The molecule has 2 unspecified atom stereocenters. The predicted octanol–water partition coefficient (Wildman–Crippen LogP) is 3.25. The fourth-order valence-electron chi connectivity index (χ4n) is 1.91. The van der Waals surface area contributed by atoms with E-state index in [0.717, 1.165) is 12.8 Å². The van der Waals surface area contributed by atoms with Crippen LogP contribution in [0.25, 0.3) is 0 Å². The second kappa shape index (κ2) is 7.39. The molecule has 0 saturated carbocycles. The summed E-state index contributed by atoms with van der Waals surface area (Å²) in [6.45, 7) is 9.21. The minimum Gasteiger partial charge on any atom is -0.481 e. The van der Waals surface area contributed by atoms with Gasteiger partial charge in [-0.3, -0.25) is 9.59 Å². The number of hydrogen-bond donors (Lipinski definition) is 1. The zero-order valence-corrected chi connectivity index (χ0v) is 12.2. The third kappa shape index (κ3) is 6.03. The van der Waals surface area contributed by atoms with E-state index in [4.69, 9.17) is 4.74 Å². The van der Waals surface area contributed by atoms with E-state index in [2.05, 4.69) is 0 Å². The Morgan fingerprint density at radius 3 is 2.06 bits per heavy atom. The van der Waals surface area contributed by atoms with Gasteiger partial charge in [0.15, 0.2) is 0 Å². The Kier molecular flexibility index (Phi) is 6.96. The van der Waals surface area contributed by atoms with Gasteiger partial charge in [0.05, 0.1) is 11.8 Å². The normalized spacial score (nSPS) is 14.9. The van der Waals surface area contributed by atoms with Crippen molar-refractivity contribution < 1.29 is 19.4 Å². The quantitative estimate of drug-likeness (QED) is 0.712. The number of rotatable bonds is 7. The average molecular weight is 258 g/mol. The van der Waals surface area contributed by atoms with Crippen molar-refractivity contribution >= 4 is 11.9 Å². The lowest BCUT2D eigenvalue weighted by atomic mass is 9.86. The molecule has 0 spiro atoms. The van der Waals surface area contributed by atoms with Gasteiger partial charge in [-0.05, 0) is 33.6 Å². The molecule has 2 atom stereocenters. The van der Waals surface area contributed by atoms with Crippen LogP contribution in [0.5, 0.6) is 0 Å². The molecule has 0 aliphatic carbocycles. The van der Waals surface area contributed by atoms with E-state index in [1.165, 1.54) is 0 Å². The molecule has 0 bridgehead atoms. The third-order valence-corrected chi connectivity index (χ3v) is 2.82. The molecule has 0 aliphatic rings. The van der Waals surface area contributed by atoms with E-state index >= 15 is 0 Å². The largest absolute Gasteiger partial charge is 0.481 e. The first-order chi connectivity index (χ1) is 8.22. The Hall–Kier alpha value is -1.06. The summed E-state index contributed by atoms with van der Waals surface area (Å²) in [5, 5.41) is 9.24. The topological polar surface area (TPSA) is 63.6 Å². The first-order valence-corrected chi connectivity index (χ1v) is 6.68. The van der Waals surface area contributed by atoms with Crippen molar-refractivity contribution in [1.29, 1.82) is 0 Å². The van der Waals surface area contributed by atoms with Crippen molar-refractivity contribution in [1.82, 2.24) is 0 Å². The molecule has 4 heteroatoms. The van der Waals surface area contributed by atoms with E-state index in [1.54, 1.807) is 20.8 Å². The van der Waals surface area contributed by atoms with Crippen LogP contribution in [0.2, 0.25) is 0 Å². The molecule has 0 aromatic carbocycles. The number of carbonyl (C=O) groups is 2. The fraction of sp³-hybridized carbons (Fsp3) is 0.857. The van der Waals surface area contributed by atoms with Gasteiger partial charge >= 0.3 is 11.9 Å². The number of carbonyl (C=O) groups excluding carboxylic acids is 1. The minimum atomic E-state index is -0.902. The molecule has 18 heavy (non-hydrogen) atoms. The number of carboxylic acid groups (broad SMARTS) is 1. The van der Waals surface area contributed by atoms with Crippen LogP contribution < -0.4 is 0 Å². The van der Waals surface area contributed by atoms with Crippen molar-refractivity contribution in [3.05, 3.63) is 0 Å². The Balaban J connectivity index is 4.78. The van der Waals surface area contributed by atoms with Gasteiger partial charge < -0.3 is 9.84 Å². The number of hydrogen-bond acceptors (Lipinski definition) is 3. The zero-order valence-electron chi connectivity index (χ0n) is 12.2. The average Bonchev–Trinajstić information content (AvgIpc) is 2.20. The maximum Gasteiger partial charge on any atom is 0.310 e. The molecule has 0 aromatic rings. The first kappa shape index (κ1) is 16.9. The lowest BCUT2D eigenvalue weighted by molar-refractivity contribution is -0.167. The molecule has 106 valence electrons. The number of carboxylic acids is 1. The standard InChI is InChI=1S/C14H26O4/c1-6-8-9-11(12(15)16)10(7-2)13(17)18-14(3,4)5/h10-11H,6-9H2,1-5H3,(H,15,16). The SMILES string of the molecule is CCCCC(C(=O)O)C(CC)C(=O)OC(C)(C)C. The van der Waals surface area contributed by atoms with Crippen molar-refractivity contribution in [3.8, 4) is 0 Å². The van der Waals surface area contributed by atoms with Gasteiger partial charge in [-0.25, -0.2) is 0 Å². The van der Waals surface area contributed by atoms with Crippen LogP contribution in [0.1, 0.15) is 60.3 Å². The lowest BCUT2D eigenvalue weighted by Crippen LogP contribution is -2.35. The van der Waals surface area contributed by atoms with Gasteiger partial charge in [-0.1, -0.05) is 26.7 Å². The maximum absolute atomic E-state index is 12.0. The molecular weight excluding hydrogens is 232 g/mol. The van der Waals surface area contributed by atoms with E-state index in [0.29, 0.717) is 12.8 Å². The second-order valence-electron chi connectivity index (χ2n) is 5.64. The molecule has 0 fully saturated rings. The summed E-state index contributed by atoms with van der Waals surface area (Å²) in [5.41, 5.74) is -0.571. The van der Waals surface area contributed by atoms with E-state index in [9.17, 15) is 14.7 Å². The highest BCUT2D eigenvalue weighted by Gasteiger charge is 2.34. The highest BCUT2D eigenvalue weighted by molar-refractivity contribution is 5.81.